The number of aromatic nitrogens is 10. The fourth-order valence-electron chi connectivity index (χ4n) is 4.98. The Labute approximate surface area is 473 Å². The van der Waals surface area contributed by atoms with Gasteiger partial charge in [0.15, 0.2) is 5.69 Å². The van der Waals surface area contributed by atoms with Gasteiger partial charge in [0.05, 0.1) is 48.0 Å². The van der Waals surface area contributed by atoms with E-state index < -0.39 is 78.0 Å². The van der Waals surface area contributed by atoms with E-state index in [9.17, 15) is 63.9 Å². The molecule has 5 heterocycles. The van der Waals surface area contributed by atoms with Crippen molar-refractivity contribution in [3.8, 4) is 5.88 Å². The van der Waals surface area contributed by atoms with Gasteiger partial charge in [-0.3, -0.25) is 68.9 Å². The second-order valence-corrected chi connectivity index (χ2v) is 14.8. The quantitative estimate of drug-likeness (QED) is 0.0171. The zero-order chi connectivity index (χ0) is 58.7. The number of aromatic hydroxyl groups is 1. The van der Waals surface area contributed by atoms with Crippen molar-refractivity contribution < 1.29 is 89.0 Å². The molecular formula is C41H52Cl3N14NaO18. The van der Waals surface area contributed by atoms with Crippen LogP contribution in [-0.4, -0.2) is 120 Å². The molecule has 0 unspecified atom stereocenters. The van der Waals surface area contributed by atoms with E-state index in [1.807, 2.05) is 0 Å². The summed E-state index contributed by atoms with van der Waals surface area (Å²) in [7, 11) is 0. The van der Waals surface area contributed by atoms with Crippen molar-refractivity contribution in [2.75, 3.05) is 32.2 Å². The van der Waals surface area contributed by atoms with Crippen molar-refractivity contribution in [2.45, 2.75) is 82.6 Å². The molecule has 32 nitrogen and oxygen atoms in total. The number of aromatic amines is 3. The van der Waals surface area contributed by atoms with Crippen LogP contribution in [0.25, 0.3) is 0 Å². The van der Waals surface area contributed by atoms with Crippen molar-refractivity contribution in [3.63, 3.8) is 0 Å². The van der Waals surface area contributed by atoms with Gasteiger partial charge in [0, 0.05) is 13.0 Å². The van der Waals surface area contributed by atoms with E-state index in [0.29, 0.717) is 29.0 Å². The van der Waals surface area contributed by atoms with E-state index in [-0.39, 0.29) is 108 Å². The number of nitrogens with two attached hydrogens (primary N) is 1. The number of aryl methyl sites for hydroxylation is 7. The largest absolute Gasteiger partial charge is 1.00 e. The topological polar surface area (TPSA) is 470 Å². The number of ether oxygens (including phenoxy) is 4. The molecule has 5 aromatic rings. The fourth-order valence-corrected chi connectivity index (χ4v) is 5.87. The summed E-state index contributed by atoms with van der Waals surface area (Å²) in [5.74, 6) is -2.43. The predicted molar refractivity (Wildman–Crippen MR) is 268 cm³/mol. The molecule has 0 saturated heterocycles. The molecule has 0 saturated carbocycles. The molecule has 0 aliphatic carbocycles. The van der Waals surface area contributed by atoms with E-state index in [2.05, 4.69) is 59.3 Å². The number of carbonyl (C=O) groups is 4. The molecule has 0 aliphatic heterocycles. The number of halogens is 3. The van der Waals surface area contributed by atoms with Gasteiger partial charge in [-0.2, -0.15) is 0 Å². The molecule has 0 spiro atoms. The van der Waals surface area contributed by atoms with Gasteiger partial charge in [-0.25, -0.2) is 29.9 Å². The first kappa shape index (κ1) is 71.3. The van der Waals surface area contributed by atoms with E-state index in [0.717, 1.165) is 6.07 Å². The molecular weight excluding hydrogens is 1110 g/mol. The monoisotopic (exact) mass is 1160 g/mol. The van der Waals surface area contributed by atoms with Gasteiger partial charge in [0.1, 0.15) is 52.1 Å². The molecule has 0 fully saturated rings. The number of hydrogen-bond acceptors (Lipinski definition) is 26. The van der Waals surface area contributed by atoms with Crippen molar-refractivity contribution in [1.29, 1.82) is 0 Å². The minimum atomic E-state index is -1.08. The number of nitrogens with one attached hydrogen (secondary N) is 3. The Morgan fingerprint density at radius 2 is 0.974 bits per heavy atom. The maximum Gasteiger partial charge on any atom is 1.00 e. The number of nitrogens with zero attached hydrogens (tertiary/aromatic N) is 10. The number of carbonyl (C=O) groups excluding carboxylic acids is 4. The average Bonchev–Trinajstić information content (AvgIpc) is 3.25. The third kappa shape index (κ3) is 25.5. The van der Waals surface area contributed by atoms with Gasteiger partial charge in [-0.15, -0.1) is 0 Å². The third-order valence-corrected chi connectivity index (χ3v) is 8.60. The molecule has 0 radical (unpaired) electrons. The van der Waals surface area contributed by atoms with Crippen molar-refractivity contribution in [1.82, 2.24) is 49.8 Å². The van der Waals surface area contributed by atoms with Crippen LogP contribution in [0.1, 0.15) is 81.7 Å². The van der Waals surface area contributed by atoms with Crippen molar-refractivity contribution in [2.24, 2.45) is 0 Å². The molecule has 0 aliphatic rings. The maximum absolute atomic E-state index is 12.0. The number of anilines is 1. The van der Waals surface area contributed by atoms with Gasteiger partial charge in [-0.1, -0.05) is 34.8 Å². The molecule has 416 valence electrons. The van der Waals surface area contributed by atoms with Gasteiger partial charge in [-0.05, 0) is 81.1 Å². The fraction of sp³-hybridized carbons (Fsp3) is 0.390. The number of H-pyrrole nitrogens is 3. The first-order valence-electron chi connectivity index (χ1n) is 21.2. The van der Waals surface area contributed by atoms with E-state index in [1.165, 1.54) is 27.7 Å². The zero-order valence-corrected chi connectivity index (χ0v) is 47.5. The second kappa shape index (κ2) is 35.5. The zero-order valence-electron chi connectivity index (χ0n) is 43.2. The molecule has 77 heavy (non-hydrogen) atoms. The third-order valence-electron chi connectivity index (χ3n) is 7.81. The molecule has 5 rings (SSSR count). The summed E-state index contributed by atoms with van der Waals surface area (Å²) in [5, 5.41) is 39.5. The van der Waals surface area contributed by atoms with E-state index in [4.69, 9.17) is 55.1 Å². The predicted octanol–water partition coefficient (Wildman–Crippen LogP) is 1.20. The van der Waals surface area contributed by atoms with Crippen LogP contribution in [0.4, 0.5) is 22.7 Å². The van der Waals surface area contributed by atoms with Crippen molar-refractivity contribution >= 4 is 81.4 Å². The summed E-state index contributed by atoms with van der Waals surface area (Å²) >= 11 is 16.6. The Bertz CT molecular complexity index is 3000. The summed E-state index contributed by atoms with van der Waals surface area (Å²) < 4.78 is 18.5. The molecule has 0 bridgehead atoms. The molecule has 0 aromatic carbocycles. The molecule has 6 N–H and O–H groups in total. The summed E-state index contributed by atoms with van der Waals surface area (Å²) in [6.07, 6.45) is -0.290. The molecule has 0 amide bonds. The van der Waals surface area contributed by atoms with Crippen LogP contribution in [0.15, 0.2) is 20.4 Å². The normalized spacial score (nSPS) is 9.58. The molecule has 0 atom stereocenters. The van der Waals surface area contributed by atoms with Crippen LogP contribution < -0.4 is 52.0 Å². The molecule has 36 heteroatoms. The SMILES string of the molecule is CCOC(=O)CC(=O)OCC.CCOC(=O)[C-](C(=O)OCC)c1nc(C)nc(Cl)c1[N+](=O)[O-].Cc1nc(C)c(N)c(=O)[nH]1.Cc1nc(C)c([N+](=O)[O-])c(=O)[nH]1.Cc1nc(Cl)c([N+](=O)[O-])c(Cl)n1.Cc1nc(O)cc(=O)[nH]1.[HH].[Na+]. The van der Waals surface area contributed by atoms with Crippen LogP contribution in [0, 0.1) is 84.7 Å². The Morgan fingerprint density at radius 1 is 0.597 bits per heavy atom. The summed E-state index contributed by atoms with van der Waals surface area (Å²) in [6.45, 7) is 17.9. The van der Waals surface area contributed by atoms with E-state index >= 15 is 0 Å². The smallest absolute Gasteiger partial charge is 0.493 e. The van der Waals surface area contributed by atoms with Gasteiger partial charge in [0.25, 0.3) is 23.1 Å². The van der Waals surface area contributed by atoms with Crippen molar-refractivity contribution in [3.05, 3.63) is 135 Å². The number of esters is 4. The maximum atomic E-state index is 12.0. The van der Waals surface area contributed by atoms with Crippen LogP contribution in [0.5, 0.6) is 5.88 Å². The van der Waals surface area contributed by atoms with Gasteiger partial charge >= 0.3 is 58.4 Å². The second-order valence-electron chi connectivity index (χ2n) is 13.8. The molecule has 5 aromatic heterocycles. The Kier molecular flexibility index (Phi) is 32.8. The first-order valence-corrected chi connectivity index (χ1v) is 22.4. The number of hydrogen-bond donors (Lipinski definition) is 5. The Hall–Kier alpha value is -7.78. The van der Waals surface area contributed by atoms with Gasteiger partial charge < -0.3 is 44.7 Å². The average molecular weight is 1160 g/mol. The van der Waals surface area contributed by atoms with Crippen LogP contribution in [-0.2, 0) is 38.1 Å². The summed E-state index contributed by atoms with van der Waals surface area (Å²) in [4.78, 5) is 140. The van der Waals surface area contributed by atoms with Crippen LogP contribution in [0.2, 0.25) is 15.5 Å². The van der Waals surface area contributed by atoms with Crippen LogP contribution >= 0.6 is 34.8 Å². The number of nitro groups is 3. The summed E-state index contributed by atoms with van der Waals surface area (Å²) in [5.41, 5.74) is 2.74. The standard InChI is InChI=1S/C12H13ClN3O6.C7H12O4.C6H7N3O3.C6H9N3O.C5H3Cl2N3O2.C5H6N2O2.Na.H2/c1-4-21-11(17)7(12(18)22-5-2)8-9(16(19)20)10(13)15-6(3)14-8;1-3-10-6(8)5-7(9)11-4-2;1-3-5(9(11)12)6(10)8-4(2)7-3;1-3-5(7)6(10)9-4(2)8-3;1-2-8-4(6)3(10(11)12)5(7)9-2;1-3-6-4(8)2-5(9)7-3;;/h4-5H2,1-3H3;3-5H2,1-2H3;1-2H3,(H,7,8,10);7H2,1-2H3,(H,8,9,10);1H3;2H,1H3,(H2,6,7,8,9);;1H/q-1;;;;;;+1;. The van der Waals surface area contributed by atoms with Crippen LogP contribution in [0.3, 0.4) is 0 Å². The Balaban J connectivity index is -0.000000887. The number of rotatable bonds is 12. The first-order chi connectivity index (χ1) is 35.4. The summed E-state index contributed by atoms with van der Waals surface area (Å²) in [6, 6.07) is 1.02. The minimum absolute atomic E-state index is 0. The minimum Gasteiger partial charge on any atom is -0.493 e. The van der Waals surface area contributed by atoms with E-state index in [1.54, 1.807) is 48.5 Å². The van der Waals surface area contributed by atoms with Gasteiger partial charge in [0.2, 0.25) is 16.2 Å². The number of nitrogen functional groups attached to an aromatic ring is 1. The Morgan fingerprint density at radius 3 is 1.34 bits per heavy atom.